The van der Waals surface area contributed by atoms with Crippen molar-refractivity contribution in [3.05, 3.63) is 24.1 Å². The van der Waals surface area contributed by atoms with Crippen molar-refractivity contribution in [2.45, 2.75) is 25.2 Å². The van der Waals surface area contributed by atoms with Crippen LogP contribution in [0.1, 0.15) is 12.3 Å². The summed E-state index contributed by atoms with van der Waals surface area (Å²) in [4.78, 5) is 6.17. The van der Waals surface area contributed by atoms with Crippen molar-refractivity contribution in [2.75, 3.05) is 27.4 Å². The third kappa shape index (κ3) is 3.34. The van der Waals surface area contributed by atoms with E-state index < -0.39 is 6.17 Å². The predicted octanol–water partition coefficient (Wildman–Crippen LogP) is 1.66. The van der Waals surface area contributed by atoms with E-state index in [4.69, 9.17) is 14.0 Å². The minimum absolute atomic E-state index is 0.0896. The Balaban J connectivity index is 1.78. The Bertz CT molecular complexity index is 694. The number of nitrogens with zero attached hydrogens (tertiary/aromatic N) is 3. The summed E-state index contributed by atoms with van der Waals surface area (Å²) in [7, 11) is 3.13. The highest BCUT2D eigenvalue weighted by atomic mass is 19.1. The zero-order valence-electron chi connectivity index (χ0n) is 13.6. The van der Waals surface area contributed by atoms with Gasteiger partial charge in [-0.15, -0.1) is 0 Å². The van der Waals surface area contributed by atoms with Crippen molar-refractivity contribution in [1.82, 2.24) is 15.0 Å². The molecule has 0 bridgehead atoms. The van der Waals surface area contributed by atoms with Crippen LogP contribution in [0.25, 0.3) is 11.4 Å². The first-order valence-corrected chi connectivity index (χ1v) is 7.68. The van der Waals surface area contributed by atoms with Gasteiger partial charge in [-0.3, -0.25) is 4.90 Å². The average Bonchev–Trinajstić information content (AvgIpc) is 3.20. The molecular formula is C16H20FN3O4. The van der Waals surface area contributed by atoms with Crippen LogP contribution in [0, 0.1) is 0 Å². The molecule has 3 rings (SSSR count). The van der Waals surface area contributed by atoms with Gasteiger partial charge in [0.2, 0.25) is 11.7 Å². The van der Waals surface area contributed by atoms with Crippen LogP contribution in [0.4, 0.5) is 4.39 Å². The molecule has 0 aliphatic carbocycles. The van der Waals surface area contributed by atoms with Gasteiger partial charge in [-0.2, -0.15) is 4.98 Å². The fraction of sp³-hybridized carbons (Fsp3) is 0.500. The fourth-order valence-electron chi connectivity index (χ4n) is 2.89. The molecule has 24 heavy (non-hydrogen) atoms. The number of ether oxygens (including phenoxy) is 2. The minimum atomic E-state index is -0.939. The molecule has 0 amide bonds. The number of aliphatic hydroxyl groups is 1. The number of benzene rings is 1. The van der Waals surface area contributed by atoms with E-state index in [-0.39, 0.29) is 19.2 Å². The van der Waals surface area contributed by atoms with Crippen LogP contribution in [0.3, 0.4) is 0 Å². The van der Waals surface area contributed by atoms with Crippen LogP contribution in [-0.2, 0) is 6.54 Å². The van der Waals surface area contributed by atoms with Crippen LogP contribution < -0.4 is 9.47 Å². The molecule has 1 aliphatic rings. The van der Waals surface area contributed by atoms with Crippen LogP contribution >= 0.6 is 0 Å². The summed E-state index contributed by atoms with van der Waals surface area (Å²) in [5.41, 5.74) is 0.678. The Morgan fingerprint density at radius 1 is 1.38 bits per heavy atom. The van der Waals surface area contributed by atoms with Crippen LogP contribution in [0.15, 0.2) is 22.7 Å². The third-order valence-electron chi connectivity index (χ3n) is 4.14. The Morgan fingerprint density at radius 2 is 2.21 bits per heavy atom. The van der Waals surface area contributed by atoms with Gasteiger partial charge in [0, 0.05) is 18.7 Å². The smallest absolute Gasteiger partial charge is 0.241 e. The highest BCUT2D eigenvalue weighted by molar-refractivity contribution is 5.65. The Labute approximate surface area is 139 Å². The van der Waals surface area contributed by atoms with E-state index in [0.29, 0.717) is 41.7 Å². The predicted molar refractivity (Wildman–Crippen MR) is 83.6 cm³/mol. The van der Waals surface area contributed by atoms with E-state index in [9.17, 15) is 9.50 Å². The number of likely N-dealkylation sites (tertiary alicyclic amines) is 1. The molecule has 1 fully saturated rings. The largest absolute Gasteiger partial charge is 0.497 e. The highest BCUT2D eigenvalue weighted by Crippen LogP contribution is 2.32. The van der Waals surface area contributed by atoms with Crippen molar-refractivity contribution in [2.24, 2.45) is 0 Å². The molecule has 1 aromatic carbocycles. The first-order valence-electron chi connectivity index (χ1n) is 7.68. The summed E-state index contributed by atoms with van der Waals surface area (Å²) >= 11 is 0. The van der Waals surface area contributed by atoms with Gasteiger partial charge < -0.3 is 19.1 Å². The van der Waals surface area contributed by atoms with Crippen molar-refractivity contribution in [3.8, 4) is 22.9 Å². The SMILES string of the molecule is COc1ccc(-c2noc(CN3C[C@@H](F)C[C@H]3CO)n2)c(OC)c1. The lowest BCUT2D eigenvalue weighted by molar-refractivity contribution is 0.140. The normalized spacial score (nSPS) is 21.2. The second-order valence-electron chi connectivity index (χ2n) is 5.68. The van der Waals surface area contributed by atoms with E-state index >= 15 is 0 Å². The van der Waals surface area contributed by atoms with Gasteiger partial charge in [0.25, 0.3) is 0 Å². The number of halogens is 1. The van der Waals surface area contributed by atoms with E-state index in [1.165, 1.54) is 0 Å². The van der Waals surface area contributed by atoms with E-state index in [1.807, 2.05) is 4.90 Å². The van der Waals surface area contributed by atoms with Crippen LogP contribution in [0.2, 0.25) is 0 Å². The fourth-order valence-corrected chi connectivity index (χ4v) is 2.89. The summed E-state index contributed by atoms with van der Waals surface area (Å²) in [6.45, 7) is 0.472. The maximum Gasteiger partial charge on any atom is 0.241 e. The van der Waals surface area contributed by atoms with Gasteiger partial charge in [-0.1, -0.05) is 5.16 Å². The Morgan fingerprint density at radius 3 is 2.92 bits per heavy atom. The first-order chi connectivity index (χ1) is 11.6. The molecule has 0 unspecified atom stereocenters. The molecular weight excluding hydrogens is 317 g/mol. The van der Waals surface area contributed by atoms with Crippen LogP contribution in [-0.4, -0.2) is 59.7 Å². The van der Waals surface area contributed by atoms with Gasteiger partial charge in [-0.05, 0) is 18.6 Å². The summed E-state index contributed by atoms with van der Waals surface area (Å²) in [5, 5.41) is 13.3. The summed E-state index contributed by atoms with van der Waals surface area (Å²) in [6.07, 6.45) is -0.615. The van der Waals surface area contributed by atoms with Crippen LogP contribution in [0.5, 0.6) is 11.5 Å². The number of alkyl halides is 1. The number of hydrogen-bond donors (Lipinski definition) is 1. The molecule has 2 aromatic rings. The van der Waals surface area contributed by atoms with Gasteiger partial charge in [0.15, 0.2) is 0 Å². The number of aliphatic hydroxyl groups excluding tert-OH is 1. The molecule has 7 nitrogen and oxygen atoms in total. The number of methoxy groups -OCH3 is 2. The summed E-state index contributed by atoms with van der Waals surface area (Å²) in [5.74, 6) is 1.99. The molecule has 1 aliphatic heterocycles. The van der Waals surface area contributed by atoms with Crippen molar-refractivity contribution < 1.29 is 23.5 Å². The quantitative estimate of drug-likeness (QED) is 0.858. The number of hydrogen-bond acceptors (Lipinski definition) is 7. The molecule has 130 valence electrons. The lowest BCUT2D eigenvalue weighted by Gasteiger charge is -2.19. The van der Waals surface area contributed by atoms with E-state index in [2.05, 4.69) is 10.1 Å². The molecule has 2 atom stereocenters. The molecule has 0 spiro atoms. The third-order valence-corrected chi connectivity index (χ3v) is 4.14. The lowest BCUT2D eigenvalue weighted by Crippen LogP contribution is -2.31. The van der Waals surface area contributed by atoms with Crippen molar-refractivity contribution >= 4 is 0 Å². The first kappa shape index (κ1) is 16.7. The Hall–Kier alpha value is -2.19. The molecule has 0 saturated carbocycles. The van der Waals surface area contributed by atoms with E-state index in [0.717, 1.165) is 0 Å². The van der Waals surface area contributed by atoms with Crippen molar-refractivity contribution in [3.63, 3.8) is 0 Å². The maximum absolute atomic E-state index is 13.5. The maximum atomic E-state index is 13.5. The zero-order valence-corrected chi connectivity index (χ0v) is 13.6. The molecule has 1 saturated heterocycles. The van der Waals surface area contributed by atoms with E-state index in [1.54, 1.807) is 32.4 Å². The minimum Gasteiger partial charge on any atom is -0.497 e. The average molecular weight is 337 g/mol. The van der Waals surface area contributed by atoms with Gasteiger partial charge in [0.05, 0.1) is 32.9 Å². The standard InChI is InChI=1S/C16H20FN3O4/c1-22-12-3-4-13(14(6-12)23-2)16-18-15(24-19-16)8-20-7-10(17)5-11(20)9-21/h3-4,6,10-11,21H,5,7-9H2,1-2H3/t10-,11-/m0/s1. The highest BCUT2D eigenvalue weighted by Gasteiger charge is 2.32. The molecule has 1 N–H and O–H groups in total. The van der Waals surface area contributed by atoms with Gasteiger partial charge in [0.1, 0.15) is 17.7 Å². The van der Waals surface area contributed by atoms with Gasteiger partial charge in [-0.25, -0.2) is 4.39 Å². The topological polar surface area (TPSA) is 80.9 Å². The number of rotatable bonds is 6. The Kier molecular flexibility index (Phi) is 4.96. The zero-order chi connectivity index (χ0) is 17.1. The molecule has 0 radical (unpaired) electrons. The van der Waals surface area contributed by atoms with Crippen molar-refractivity contribution in [1.29, 1.82) is 0 Å². The number of aromatic nitrogens is 2. The summed E-state index contributed by atoms with van der Waals surface area (Å²) in [6, 6.07) is 5.09. The summed E-state index contributed by atoms with van der Waals surface area (Å²) < 4.78 is 29.3. The van der Waals surface area contributed by atoms with Gasteiger partial charge >= 0.3 is 0 Å². The second-order valence-corrected chi connectivity index (χ2v) is 5.68. The second kappa shape index (κ2) is 7.14. The monoisotopic (exact) mass is 337 g/mol. The molecule has 8 heteroatoms. The molecule has 1 aromatic heterocycles. The lowest BCUT2D eigenvalue weighted by atomic mass is 10.2. The molecule has 2 heterocycles.